The second-order valence-corrected chi connectivity index (χ2v) is 12.6. The largest absolute Gasteiger partial charge is 0.391 e. The van der Waals surface area contributed by atoms with Crippen molar-refractivity contribution in [3.8, 4) is 0 Å². The SMILES string of the molecule is C.C.CCc1cc(Br)c(Cl)s1.ClCCl.OCc1cc(Br)c(Cl)s1.OCc1cc(Br)cs1.[2H]CF. The van der Waals surface area contributed by atoms with Gasteiger partial charge < -0.3 is 10.2 Å². The van der Waals surface area contributed by atoms with Gasteiger partial charge in [-0.05, 0) is 72.4 Å². The normalized spacial score (nSPS) is 9.00. The highest BCUT2D eigenvalue weighted by Crippen LogP contribution is 2.32. The van der Waals surface area contributed by atoms with Crippen molar-refractivity contribution in [2.45, 2.75) is 41.4 Å². The van der Waals surface area contributed by atoms with Crippen LogP contribution in [0, 0.1) is 0 Å². The Morgan fingerprint density at radius 1 is 0.909 bits per heavy atom. The van der Waals surface area contributed by atoms with Gasteiger partial charge in [-0.2, -0.15) is 0 Å². The molecule has 0 aliphatic rings. The third-order valence-corrected chi connectivity index (χ3v) is 9.44. The Morgan fingerprint density at radius 3 is 1.45 bits per heavy atom. The van der Waals surface area contributed by atoms with E-state index in [1.54, 1.807) is 22.7 Å². The Labute approximate surface area is 255 Å². The zero-order valence-electron chi connectivity index (χ0n) is 17.0. The lowest BCUT2D eigenvalue weighted by molar-refractivity contribution is 0.285. The molecule has 3 rings (SSSR count). The number of thiophene rings is 3. The third kappa shape index (κ3) is 20.3. The summed E-state index contributed by atoms with van der Waals surface area (Å²) in [5, 5.41) is 19.3. The molecule has 0 saturated heterocycles. The molecule has 0 unspecified atom stereocenters. The number of aliphatic hydroxyl groups is 2. The molecule has 0 aromatic carbocycles. The molecular formula is C20H28Br3Cl4FO2S3. The maximum absolute atomic E-state index is 9.96. The molecule has 13 heteroatoms. The number of hydrogen-bond acceptors (Lipinski definition) is 5. The Hall–Kier alpha value is 1.55. The maximum atomic E-state index is 9.96. The van der Waals surface area contributed by atoms with E-state index in [1.165, 1.54) is 16.2 Å². The average Bonchev–Trinajstić information content (AvgIpc) is 3.43. The predicted molar refractivity (Wildman–Crippen MR) is 164 cm³/mol. The monoisotopic (exact) mass is 793 g/mol. The summed E-state index contributed by atoms with van der Waals surface area (Å²) in [6, 6.07) is 5.78. The molecule has 3 aromatic heterocycles. The second kappa shape index (κ2) is 26.6. The van der Waals surface area contributed by atoms with Gasteiger partial charge in [-0.1, -0.05) is 45.0 Å². The minimum absolute atomic E-state index is 0. The first-order valence-electron chi connectivity index (χ1n) is 8.63. The van der Waals surface area contributed by atoms with Crippen LogP contribution in [0.4, 0.5) is 4.39 Å². The Morgan fingerprint density at radius 2 is 1.30 bits per heavy atom. The summed E-state index contributed by atoms with van der Waals surface area (Å²) in [5.74, 6) is 0. The van der Waals surface area contributed by atoms with E-state index in [0.29, 0.717) is 4.34 Å². The van der Waals surface area contributed by atoms with Gasteiger partial charge in [0.1, 0.15) is 8.67 Å². The fraction of sp³-hybridized carbons (Fsp3) is 0.400. The first-order valence-corrected chi connectivity index (χ1v) is 14.6. The number of alkyl halides is 3. The average molecular weight is 798 g/mol. The fourth-order valence-corrected chi connectivity index (χ4v) is 6.16. The van der Waals surface area contributed by atoms with Crippen molar-refractivity contribution in [1.29, 1.82) is 0 Å². The summed E-state index contributed by atoms with van der Waals surface area (Å²) in [6.45, 7) is 2.33. The molecule has 0 fully saturated rings. The highest BCUT2D eigenvalue weighted by atomic mass is 79.9. The van der Waals surface area contributed by atoms with Gasteiger partial charge in [-0.3, -0.25) is 4.39 Å². The second-order valence-electron chi connectivity index (χ2n) is 4.67. The van der Waals surface area contributed by atoms with Crippen LogP contribution in [0.5, 0.6) is 0 Å². The molecule has 2 N–H and O–H groups in total. The van der Waals surface area contributed by atoms with Crippen LogP contribution in [0.3, 0.4) is 0 Å². The van der Waals surface area contributed by atoms with Crippen LogP contribution in [-0.4, -0.2) is 22.7 Å². The zero-order valence-corrected chi connectivity index (χ0v) is 26.2. The van der Waals surface area contributed by atoms with E-state index < -0.39 is 7.15 Å². The molecule has 0 aliphatic carbocycles. The van der Waals surface area contributed by atoms with Crippen molar-refractivity contribution in [1.82, 2.24) is 0 Å². The van der Waals surface area contributed by atoms with Crippen LogP contribution < -0.4 is 0 Å². The molecule has 0 amide bonds. The van der Waals surface area contributed by atoms with Crippen LogP contribution in [0.1, 0.15) is 37.8 Å². The smallest absolute Gasteiger partial charge is 0.107 e. The van der Waals surface area contributed by atoms with Gasteiger partial charge in [0.2, 0.25) is 0 Å². The summed E-state index contributed by atoms with van der Waals surface area (Å²) >= 11 is 35.4. The van der Waals surface area contributed by atoms with Gasteiger partial charge in [0.25, 0.3) is 0 Å². The molecule has 194 valence electrons. The van der Waals surface area contributed by atoms with E-state index in [0.717, 1.165) is 33.9 Å². The van der Waals surface area contributed by atoms with E-state index in [2.05, 4.69) is 60.8 Å². The molecule has 0 atom stereocenters. The summed E-state index contributed by atoms with van der Waals surface area (Å²) in [4.78, 5) is 3.20. The lowest BCUT2D eigenvalue weighted by Gasteiger charge is -1.79. The van der Waals surface area contributed by atoms with Crippen molar-refractivity contribution < 1.29 is 16.0 Å². The number of rotatable bonds is 3. The number of aliphatic hydroxyl groups excluding tert-OH is 2. The zero-order chi connectivity index (χ0) is 25.1. The molecule has 3 aromatic rings. The van der Waals surface area contributed by atoms with Crippen LogP contribution in [-0.2, 0) is 19.6 Å². The number of aryl methyl sites for hydroxylation is 1. The number of hydrogen-bond donors (Lipinski definition) is 2. The van der Waals surface area contributed by atoms with Crippen molar-refractivity contribution in [2.75, 3.05) is 12.5 Å². The fourth-order valence-electron chi connectivity index (χ4n) is 1.47. The van der Waals surface area contributed by atoms with E-state index in [4.69, 9.17) is 58.0 Å². The summed E-state index contributed by atoms with van der Waals surface area (Å²) in [7, 11) is -1.00. The van der Waals surface area contributed by atoms with Crippen LogP contribution >= 0.6 is 128 Å². The summed E-state index contributed by atoms with van der Waals surface area (Å²) < 4.78 is 20.0. The summed E-state index contributed by atoms with van der Waals surface area (Å²) in [6.07, 6.45) is 1.07. The first kappa shape index (κ1) is 39.1. The lowest BCUT2D eigenvalue weighted by Crippen LogP contribution is -1.70. The Balaban J connectivity index is -0.000000174. The predicted octanol–water partition coefficient (Wildman–Crippen LogP) is 11.7. The molecule has 3 heterocycles. The highest BCUT2D eigenvalue weighted by molar-refractivity contribution is 9.11. The van der Waals surface area contributed by atoms with Gasteiger partial charge in [0.15, 0.2) is 0 Å². The molecule has 2 nitrogen and oxygen atoms in total. The van der Waals surface area contributed by atoms with Crippen molar-refractivity contribution >= 4 is 128 Å². The van der Waals surface area contributed by atoms with Crippen LogP contribution in [0.25, 0.3) is 0 Å². The molecular weight excluding hydrogens is 769 g/mol. The van der Waals surface area contributed by atoms with Gasteiger partial charge >= 0.3 is 0 Å². The van der Waals surface area contributed by atoms with Gasteiger partial charge in [0, 0.05) is 33.4 Å². The molecule has 33 heavy (non-hydrogen) atoms. The molecule has 0 saturated carbocycles. The highest BCUT2D eigenvalue weighted by Gasteiger charge is 2.02. The maximum Gasteiger partial charge on any atom is 0.107 e. The van der Waals surface area contributed by atoms with E-state index >= 15 is 0 Å². The Bertz CT molecular complexity index is 768. The third-order valence-electron chi connectivity index (χ3n) is 2.67. The van der Waals surface area contributed by atoms with Crippen molar-refractivity contribution in [3.05, 3.63) is 60.3 Å². The van der Waals surface area contributed by atoms with Crippen LogP contribution in [0.2, 0.25) is 8.67 Å². The lowest BCUT2D eigenvalue weighted by atomic mass is 10.4. The standard InChI is InChI=1S/C6H6BrClS.C5H4BrClOS.C5H5BrOS.CH2Cl2.CH3F.2CH4/c1-2-4-3-5(7)6(8)9-4;6-4-1-3(2-8)9-5(4)7;6-4-1-5(2-7)8-3-4;2-1-3;1-2;;/h3H,2H2,1H3;1,8H,2H2;1,3,7H,2H2;1H2;1H3;2*1H4/i;;;;1D;;. The molecule has 0 spiro atoms. The van der Waals surface area contributed by atoms with Crippen molar-refractivity contribution in [3.63, 3.8) is 0 Å². The van der Waals surface area contributed by atoms with E-state index in [9.17, 15) is 4.39 Å². The molecule has 0 radical (unpaired) electrons. The quantitative estimate of drug-likeness (QED) is 0.259. The Kier molecular flexibility index (Phi) is 31.5. The minimum atomic E-state index is -1.00. The number of halogens is 8. The first-order chi connectivity index (χ1) is 15.1. The van der Waals surface area contributed by atoms with Gasteiger partial charge in [-0.25, -0.2) is 0 Å². The minimum Gasteiger partial charge on any atom is -0.391 e. The van der Waals surface area contributed by atoms with Crippen molar-refractivity contribution in [2.24, 2.45) is 0 Å². The molecule has 0 aliphatic heterocycles. The summed E-state index contributed by atoms with van der Waals surface area (Å²) in [5.41, 5.74) is 0. The van der Waals surface area contributed by atoms with Gasteiger partial charge in [-0.15, -0.1) is 57.2 Å². The van der Waals surface area contributed by atoms with E-state index in [1.807, 2.05) is 17.5 Å². The van der Waals surface area contributed by atoms with Crippen LogP contribution in [0.15, 0.2) is 37.0 Å². The topological polar surface area (TPSA) is 40.5 Å². The van der Waals surface area contributed by atoms with E-state index in [-0.39, 0.29) is 33.4 Å². The van der Waals surface area contributed by atoms with Gasteiger partial charge in [0.05, 0.1) is 27.1 Å². The molecule has 0 bridgehead atoms.